The Kier molecular flexibility index (Phi) is 7.35. The molecule has 0 fully saturated rings. The molecule has 0 aliphatic rings. The van der Waals surface area contributed by atoms with Gasteiger partial charge in [0.25, 0.3) is 0 Å². The summed E-state index contributed by atoms with van der Waals surface area (Å²) in [5, 5.41) is 0. The Labute approximate surface area is 104 Å². The maximum Gasteiger partial charge on any atom is 0.330 e. The lowest BCUT2D eigenvalue weighted by Crippen LogP contribution is -2.14. The largest absolute Gasteiger partial charge is 0.498 e. The first-order chi connectivity index (χ1) is 7.85. The first-order valence-electron chi connectivity index (χ1n) is 5.95. The minimum absolute atomic E-state index is 0.155. The number of rotatable bonds is 8. The van der Waals surface area contributed by atoms with E-state index >= 15 is 0 Å². The minimum atomic E-state index is -0.368. The van der Waals surface area contributed by atoms with Gasteiger partial charge in [0.2, 0.25) is 0 Å². The van der Waals surface area contributed by atoms with Crippen LogP contribution in [0.5, 0.6) is 0 Å². The van der Waals surface area contributed by atoms with Gasteiger partial charge in [-0.15, -0.1) is 0 Å². The van der Waals surface area contributed by atoms with Gasteiger partial charge in [-0.05, 0) is 18.3 Å². The van der Waals surface area contributed by atoms with Crippen molar-refractivity contribution in [2.45, 2.75) is 40.0 Å². The fourth-order valence-corrected chi connectivity index (χ4v) is 1.05. The summed E-state index contributed by atoms with van der Waals surface area (Å²) in [6.45, 7) is 14.7. The molecule has 0 aliphatic carbocycles. The van der Waals surface area contributed by atoms with Crippen molar-refractivity contribution < 1.29 is 14.3 Å². The molecule has 17 heavy (non-hydrogen) atoms. The highest BCUT2D eigenvalue weighted by Gasteiger charge is 2.11. The molecule has 0 unspecified atom stereocenters. The van der Waals surface area contributed by atoms with Gasteiger partial charge in [-0.1, -0.05) is 33.9 Å². The summed E-state index contributed by atoms with van der Waals surface area (Å²) >= 11 is 0. The third-order valence-corrected chi connectivity index (χ3v) is 1.97. The van der Waals surface area contributed by atoms with Crippen molar-refractivity contribution in [3.05, 3.63) is 25.0 Å². The molecule has 0 saturated carbocycles. The zero-order valence-corrected chi connectivity index (χ0v) is 11.3. The second-order valence-corrected chi connectivity index (χ2v) is 5.22. The zero-order chi connectivity index (χ0) is 13.3. The van der Waals surface area contributed by atoms with Crippen LogP contribution < -0.4 is 0 Å². The van der Waals surface area contributed by atoms with Gasteiger partial charge >= 0.3 is 5.97 Å². The molecule has 0 atom stereocenters. The fourth-order valence-electron chi connectivity index (χ4n) is 1.05. The van der Waals surface area contributed by atoms with E-state index in [0.29, 0.717) is 13.2 Å². The molecule has 0 spiro atoms. The number of hydrogen-bond donors (Lipinski definition) is 0. The van der Waals surface area contributed by atoms with E-state index in [1.54, 1.807) is 0 Å². The first-order valence-corrected chi connectivity index (χ1v) is 5.95. The van der Waals surface area contributed by atoms with Gasteiger partial charge < -0.3 is 9.47 Å². The normalized spacial score (nSPS) is 10.8. The van der Waals surface area contributed by atoms with Crippen molar-refractivity contribution in [2.24, 2.45) is 5.41 Å². The van der Waals surface area contributed by atoms with E-state index < -0.39 is 0 Å². The maximum absolute atomic E-state index is 10.7. The lowest BCUT2D eigenvalue weighted by Gasteiger charge is -2.19. The monoisotopic (exact) mass is 240 g/mol. The summed E-state index contributed by atoms with van der Waals surface area (Å²) in [5.41, 5.74) is 0.155. The van der Waals surface area contributed by atoms with Crippen molar-refractivity contribution in [2.75, 3.05) is 13.2 Å². The van der Waals surface area contributed by atoms with Crippen molar-refractivity contribution in [1.82, 2.24) is 0 Å². The first kappa shape index (κ1) is 15.8. The van der Waals surface area contributed by atoms with Crippen molar-refractivity contribution in [1.29, 1.82) is 0 Å². The Hall–Kier alpha value is -1.25. The van der Waals surface area contributed by atoms with Crippen molar-refractivity contribution >= 4 is 5.97 Å². The molecule has 0 radical (unpaired) electrons. The van der Waals surface area contributed by atoms with E-state index in [9.17, 15) is 4.79 Å². The molecular formula is C14H24O3. The summed E-state index contributed by atoms with van der Waals surface area (Å²) < 4.78 is 10.4. The molecule has 0 heterocycles. The number of carbonyl (C=O) groups excluding carboxylic acids is 1. The highest BCUT2D eigenvalue weighted by atomic mass is 16.5. The van der Waals surface area contributed by atoms with Gasteiger partial charge in [0.05, 0.1) is 19.0 Å². The van der Waals surface area contributed by atoms with Crippen molar-refractivity contribution in [3.8, 4) is 0 Å². The fraction of sp³-hybridized carbons (Fsp3) is 0.643. The van der Waals surface area contributed by atoms with Gasteiger partial charge in [0, 0.05) is 12.5 Å². The predicted octanol–water partition coefficient (Wildman–Crippen LogP) is 3.46. The maximum atomic E-state index is 10.7. The van der Waals surface area contributed by atoms with Gasteiger partial charge in [-0.2, -0.15) is 0 Å². The number of carbonyl (C=O) groups is 1. The molecule has 0 saturated heterocycles. The Bertz CT molecular complexity index is 261. The van der Waals surface area contributed by atoms with Gasteiger partial charge in [-0.3, -0.25) is 0 Å². The van der Waals surface area contributed by atoms with Gasteiger partial charge in [0.15, 0.2) is 0 Å². The number of unbranched alkanes of at least 4 members (excludes halogenated alkanes) is 1. The molecular weight excluding hydrogens is 216 g/mol. The van der Waals surface area contributed by atoms with E-state index in [1.165, 1.54) is 6.08 Å². The van der Waals surface area contributed by atoms with E-state index in [0.717, 1.165) is 25.0 Å². The van der Waals surface area contributed by atoms with Gasteiger partial charge in [-0.25, -0.2) is 4.79 Å². The van der Waals surface area contributed by atoms with E-state index in [1.807, 2.05) is 0 Å². The molecule has 0 N–H and O–H groups in total. The Balaban J connectivity index is 3.46. The second kappa shape index (κ2) is 7.93. The Morgan fingerprint density at radius 2 is 1.88 bits per heavy atom. The third-order valence-electron chi connectivity index (χ3n) is 1.97. The molecule has 3 nitrogen and oxygen atoms in total. The topological polar surface area (TPSA) is 35.5 Å². The van der Waals surface area contributed by atoms with Crippen LogP contribution in [0.2, 0.25) is 0 Å². The molecule has 0 aromatic rings. The average molecular weight is 240 g/mol. The molecule has 0 aromatic heterocycles. The molecule has 0 amide bonds. The van der Waals surface area contributed by atoms with E-state index in [4.69, 9.17) is 9.47 Å². The quantitative estimate of drug-likeness (QED) is 0.282. The van der Waals surface area contributed by atoms with E-state index in [2.05, 4.69) is 33.9 Å². The summed E-state index contributed by atoms with van der Waals surface area (Å²) in [6.07, 6.45) is 3.71. The molecule has 98 valence electrons. The molecule has 0 aliphatic heterocycles. The standard InChI is InChI=1S/C14H24O3/c1-6-13(15)16-10-8-7-9-12(2)17-11-14(3,4)5/h6H,1-2,7-11H2,3-5H3. The lowest BCUT2D eigenvalue weighted by molar-refractivity contribution is -0.137. The summed E-state index contributed by atoms with van der Waals surface area (Å²) in [6, 6.07) is 0. The molecule has 0 bridgehead atoms. The lowest BCUT2D eigenvalue weighted by atomic mass is 9.99. The SMILES string of the molecule is C=CC(=O)OCCCCC(=C)OCC(C)(C)C. The average Bonchev–Trinajstić information content (AvgIpc) is 2.24. The van der Waals surface area contributed by atoms with Crippen LogP contribution in [0, 0.1) is 5.41 Å². The zero-order valence-electron chi connectivity index (χ0n) is 11.3. The summed E-state index contributed by atoms with van der Waals surface area (Å²) in [4.78, 5) is 10.7. The summed E-state index contributed by atoms with van der Waals surface area (Å²) in [7, 11) is 0. The number of ether oxygens (including phenoxy) is 2. The minimum Gasteiger partial charge on any atom is -0.498 e. The van der Waals surface area contributed by atoms with Crippen LogP contribution in [0.15, 0.2) is 25.0 Å². The molecule has 0 aromatic carbocycles. The van der Waals surface area contributed by atoms with Crippen molar-refractivity contribution in [3.63, 3.8) is 0 Å². The van der Waals surface area contributed by atoms with Crippen LogP contribution in [0.25, 0.3) is 0 Å². The number of hydrogen-bond acceptors (Lipinski definition) is 3. The van der Waals surface area contributed by atoms with Crippen LogP contribution in [-0.2, 0) is 14.3 Å². The van der Waals surface area contributed by atoms with E-state index in [-0.39, 0.29) is 11.4 Å². The smallest absolute Gasteiger partial charge is 0.330 e. The predicted molar refractivity (Wildman–Crippen MR) is 69.6 cm³/mol. The molecule has 0 rings (SSSR count). The number of esters is 1. The van der Waals surface area contributed by atoms with Crippen LogP contribution in [0.3, 0.4) is 0 Å². The highest BCUT2D eigenvalue weighted by molar-refractivity contribution is 5.81. The second-order valence-electron chi connectivity index (χ2n) is 5.22. The Morgan fingerprint density at radius 3 is 2.41 bits per heavy atom. The van der Waals surface area contributed by atoms with Crippen LogP contribution in [0.4, 0.5) is 0 Å². The summed E-state index contributed by atoms with van der Waals surface area (Å²) in [5.74, 6) is 0.433. The van der Waals surface area contributed by atoms with Crippen LogP contribution >= 0.6 is 0 Å². The third kappa shape index (κ3) is 11.0. The van der Waals surface area contributed by atoms with Crippen LogP contribution in [0.1, 0.15) is 40.0 Å². The highest BCUT2D eigenvalue weighted by Crippen LogP contribution is 2.16. The van der Waals surface area contributed by atoms with Gasteiger partial charge in [0.1, 0.15) is 0 Å². The molecule has 3 heteroatoms. The Morgan fingerprint density at radius 1 is 1.24 bits per heavy atom. The number of allylic oxidation sites excluding steroid dienone is 1. The van der Waals surface area contributed by atoms with Crippen LogP contribution in [-0.4, -0.2) is 19.2 Å².